The summed E-state index contributed by atoms with van der Waals surface area (Å²) in [6.07, 6.45) is 1.38. The van der Waals surface area contributed by atoms with Crippen molar-refractivity contribution in [2.24, 2.45) is 4.99 Å². The Balaban J connectivity index is 1.86. The molecule has 26 heavy (non-hydrogen) atoms. The second-order valence-electron chi connectivity index (χ2n) is 6.03. The Morgan fingerprint density at radius 2 is 2.00 bits per heavy atom. The number of nitrogens with zero attached hydrogens (tertiary/aromatic N) is 2. The fraction of sp³-hybridized carbons (Fsp3) is 0.421. The molecular weight excluding hydrogens is 346 g/mol. The van der Waals surface area contributed by atoms with E-state index in [-0.39, 0.29) is 5.91 Å². The lowest BCUT2D eigenvalue weighted by Crippen LogP contribution is -2.36. The van der Waals surface area contributed by atoms with Crippen LogP contribution in [0.3, 0.4) is 0 Å². The Bertz CT molecular complexity index is 750. The number of aryl methyl sites for hydroxylation is 2. The van der Waals surface area contributed by atoms with E-state index in [2.05, 4.69) is 32.9 Å². The smallest absolute Gasteiger partial charge is 0.224 e. The maximum absolute atomic E-state index is 11.7. The first-order valence-electron chi connectivity index (χ1n) is 8.78. The maximum Gasteiger partial charge on any atom is 0.224 e. The number of guanidine groups is 1. The van der Waals surface area contributed by atoms with Crippen molar-refractivity contribution >= 4 is 28.9 Å². The van der Waals surface area contributed by atoms with Gasteiger partial charge in [0, 0.05) is 30.6 Å². The fourth-order valence-electron chi connectivity index (χ4n) is 2.39. The average Bonchev–Trinajstić information content (AvgIpc) is 2.93. The third-order valence-electron chi connectivity index (χ3n) is 3.85. The molecule has 0 spiro atoms. The number of aromatic nitrogens is 1. The highest BCUT2D eigenvalue weighted by atomic mass is 32.1. The topological polar surface area (TPSA) is 78.4 Å². The third-order valence-corrected chi connectivity index (χ3v) is 4.92. The maximum atomic E-state index is 11.7. The fourth-order valence-corrected chi connectivity index (χ4v) is 3.26. The summed E-state index contributed by atoms with van der Waals surface area (Å²) >= 11 is 1.70. The molecule has 0 saturated heterocycles. The van der Waals surface area contributed by atoms with E-state index in [4.69, 9.17) is 0 Å². The molecule has 0 aliphatic carbocycles. The minimum atomic E-state index is 0.0455. The summed E-state index contributed by atoms with van der Waals surface area (Å²) in [6.45, 7) is 7.36. The molecule has 1 aromatic heterocycles. The van der Waals surface area contributed by atoms with Crippen LogP contribution in [0.4, 0.5) is 5.69 Å². The van der Waals surface area contributed by atoms with Crippen LogP contribution in [0.1, 0.15) is 40.9 Å². The number of nitrogens with one attached hydrogen (secondary N) is 3. The first kappa shape index (κ1) is 19.9. The molecule has 2 rings (SSSR count). The molecule has 1 amide bonds. The van der Waals surface area contributed by atoms with Gasteiger partial charge in [0.25, 0.3) is 0 Å². The van der Waals surface area contributed by atoms with Crippen molar-refractivity contribution in [3.05, 3.63) is 45.4 Å². The van der Waals surface area contributed by atoms with Gasteiger partial charge in [-0.2, -0.15) is 0 Å². The second kappa shape index (κ2) is 9.91. The summed E-state index contributed by atoms with van der Waals surface area (Å²) < 4.78 is 0. The van der Waals surface area contributed by atoms with Crippen LogP contribution in [0.15, 0.2) is 29.3 Å². The van der Waals surface area contributed by atoms with E-state index in [1.807, 2.05) is 38.1 Å². The molecule has 0 unspecified atom stereocenters. The lowest BCUT2D eigenvalue weighted by Gasteiger charge is -2.12. The van der Waals surface area contributed by atoms with Crippen LogP contribution in [0.2, 0.25) is 0 Å². The van der Waals surface area contributed by atoms with Gasteiger partial charge < -0.3 is 16.0 Å². The highest BCUT2D eigenvalue weighted by Crippen LogP contribution is 2.16. The standard InChI is InChI=1S/C19H27N5OS/c1-5-7-17(25)24-16-9-6-8-15(10-16)11-21-19(20-4)22-12-18-23-13(2)14(3)26-18/h6,8-10H,5,7,11-12H2,1-4H3,(H,24,25)(H2,20,21,22). The molecule has 3 N–H and O–H groups in total. The van der Waals surface area contributed by atoms with E-state index < -0.39 is 0 Å². The number of anilines is 1. The molecule has 0 aliphatic rings. The zero-order valence-electron chi connectivity index (χ0n) is 15.8. The van der Waals surface area contributed by atoms with Gasteiger partial charge in [-0.05, 0) is 38.0 Å². The molecular formula is C19H27N5OS. The summed E-state index contributed by atoms with van der Waals surface area (Å²) in [5, 5.41) is 10.5. The normalized spacial score (nSPS) is 11.3. The lowest BCUT2D eigenvalue weighted by atomic mass is 10.2. The Labute approximate surface area is 159 Å². The van der Waals surface area contributed by atoms with E-state index in [1.54, 1.807) is 18.4 Å². The molecule has 1 aromatic carbocycles. The first-order valence-corrected chi connectivity index (χ1v) is 9.59. The van der Waals surface area contributed by atoms with Gasteiger partial charge in [0.2, 0.25) is 5.91 Å². The highest BCUT2D eigenvalue weighted by molar-refractivity contribution is 7.11. The van der Waals surface area contributed by atoms with Crippen molar-refractivity contribution in [1.82, 2.24) is 15.6 Å². The summed E-state index contributed by atoms with van der Waals surface area (Å²) in [6, 6.07) is 7.83. The Hall–Kier alpha value is -2.41. The molecule has 0 radical (unpaired) electrons. The van der Waals surface area contributed by atoms with Gasteiger partial charge in [0.1, 0.15) is 5.01 Å². The predicted molar refractivity (Wildman–Crippen MR) is 109 cm³/mol. The molecule has 6 nitrogen and oxygen atoms in total. The van der Waals surface area contributed by atoms with E-state index in [0.717, 1.165) is 34.3 Å². The summed E-state index contributed by atoms with van der Waals surface area (Å²) in [4.78, 5) is 21.7. The first-order chi connectivity index (χ1) is 12.5. The van der Waals surface area contributed by atoms with Crippen molar-refractivity contribution in [2.75, 3.05) is 12.4 Å². The van der Waals surface area contributed by atoms with Crippen LogP contribution >= 0.6 is 11.3 Å². The van der Waals surface area contributed by atoms with Gasteiger partial charge in [-0.1, -0.05) is 19.1 Å². The van der Waals surface area contributed by atoms with Crippen molar-refractivity contribution in [3.63, 3.8) is 0 Å². The molecule has 140 valence electrons. The Morgan fingerprint density at radius 3 is 2.65 bits per heavy atom. The van der Waals surface area contributed by atoms with Crippen molar-refractivity contribution in [1.29, 1.82) is 0 Å². The van der Waals surface area contributed by atoms with Crippen molar-refractivity contribution in [3.8, 4) is 0 Å². The number of benzene rings is 1. The largest absolute Gasteiger partial charge is 0.352 e. The van der Waals surface area contributed by atoms with E-state index in [0.29, 0.717) is 19.5 Å². The summed E-state index contributed by atoms with van der Waals surface area (Å²) in [5.74, 6) is 0.764. The van der Waals surface area contributed by atoms with Crippen molar-refractivity contribution < 1.29 is 4.79 Å². The SMILES string of the molecule is CCCC(=O)Nc1cccc(CNC(=NC)NCc2nc(C)c(C)s2)c1. The average molecular weight is 374 g/mol. The highest BCUT2D eigenvalue weighted by Gasteiger charge is 2.06. The zero-order valence-corrected chi connectivity index (χ0v) is 16.7. The van der Waals surface area contributed by atoms with E-state index >= 15 is 0 Å². The monoisotopic (exact) mass is 373 g/mol. The van der Waals surface area contributed by atoms with Crippen LogP contribution in [0.25, 0.3) is 0 Å². The van der Waals surface area contributed by atoms with Gasteiger partial charge in [0.15, 0.2) is 5.96 Å². The van der Waals surface area contributed by atoms with Crippen LogP contribution in [-0.2, 0) is 17.9 Å². The van der Waals surface area contributed by atoms with Gasteiger partial charge >= 0.3 is 0 Å². The van der Waals surface area contributed by atoms with Gasteiger partial charge in [-0.3, -0.25) is 9.79 Å². The zero-order chi connectivity index (χ0) is 18.9. The van der Waals surface area contributed by atoms with E-state index in [1.165, 1.54) is 4.88 Å². The molecule has 1 heterocycles. The third kappa shape index (κ3) is 6.15. The van der Waals surface area contributed by atoms with Crippen LogP contribution < -0.4 is 16.0 Å². The molecule has 2 aromatic rings. The lowest BCUT2D eigenvalue weighted by molar-refractivity contribution is -0.116. The van der Waals surface area contributed by atoms with E-state index in [9.17, 15) is 4.79 Å². The van der Waals surface area contributed by atoms with Gasteiger partial charge in [-0.15, -0.1) is 11.3 Å². The number of hydrogen-bond acceptors (Lipinski definition) is 4. The second-order valence-corrected chi connectivity index (χ2v) is 7.31. The van der Waals surface area contributed by atoms with Crippen LogP contribution in [0, 0.1) is 13.8 Å². The van der Waals surface area contributed by atoms with Crippen LogP contribution in [0.5, 0.6) is 0 Å². The summed E-state index contributed by atoms with van der Waals surface area (Å²) in [7, 11) is 1.75. The molecule has 0 fully saturated rings. The number of amides is 1. The Kier molecular flexibility index (Phi) is 7.59. The molecule has 0 bridgehead atoms. The van der Waals surface area contributed by atoms with Gasteiger partial charge in [-0.25, -0.2) is 4.98 Å². The summed E-state index contributed by atoms with van der Waals surface area (Å²) in [5.41, 5.74) is 2.97. The quantitative estimate of drug-likeness (QED) is 0.514. The number of rotatable bonds is 7. The number of thiazole rings is 1. The molecule has 0 saturated carbocycles. The van der Waals surface area contributed by atoms with Gasteiger partial charge in [0.05, 0.1) is 12.2 Å². The number of carbonyl (C=O) groups excluding carboxylic acids is 1. The Morgan fingerprint density at radius 1 is 1.23 bits per heavy atom. The minimum absolute atomic E-state index is 0.0455. The van der Waals surface area contributed by atoms with Crippen LogP contribution in [-0.4, -0.2) is 23.9 Å². The predicted octanol–water partition coefficient (Wildman–Crippen LogP) is 3.36. The number of hydrogen-bond donors (Lipinski definition) is 3. The van der Waals surface area contributed by atoms with Crippen molar-refractivity contribution in [2.45, 2.75) is 46.7 Å². The number of carbonyl (C=O) groups is 1. The molecule has 7 heteroatoms. The molecule has 0 aliphatic heterocycles. The minimum Gasteiger partial charge on any atom is -0.352 e. The number of aliphatic imine (C=N–C) groups is 1. The molecule has 0 atom stereocenters.